The second-order valence-electron chi connectivity index (χ2n) is 8.94. The number of nitriles is 1. The number of aromatic nitrogens is 4. The molecule has 0 fully saturated rings. The van der Waals surface area contributed by atoms with Crippen molar-refractivity contribution in [3.05, 3.63) is 106 Å². The van der Waals surface area contributed by atoms with E-state index >= 15 is 0 Å². The van der Waals surface area contributed by atoms with Crippen molar-refractivity contribution in [1.29, 1.82) is 5.26 Å². The molecule has 0 radical (unpaired) electrons. The van der Waals surface area contributed by atoms with Crippen molar-refractivity contribution in [2.45, 2.75) is 25.9 Å². The molecule has 0 aliphatic heterocycles. The molecule has 0 aliphatic carbocycles. The van der Waals surface area contributed by atoms with Crippen LogP contribution in [0.15, 0.2) is 73.1 Å². The van der Waals surface area contributed by atoms with Gasteiger partial charge in [-0.1, -0.05) is 64.8 Å². The minimum Gasteiger partial charge on any atom is -0.373 e. The lowest BCUT2D eigenvalue weighted by Gasteiger charge is -2.20. The van der Waals surface area contributed by atoms with Crippen molar-refractivity contribution in [3.8, 4) is 6.07 Å². The van der Waals surface area contributed by atoms with Crippen molar-refractivity contribution in [2.24, 2.45) is 0 Å². The molecule has 0 spiro atoms. The van der Waals surface area contributed by atoms with Crippen LogP contribution < -0.4 is 10.6 Å². The highest BCUT2D eigenvalue weighted by atomic mass is 35.5. The predicted octanol–water partition coefficient (Wildman–Crippen LogP) is 7.67. The molecule has 2 N–H and O–H groups in total. The number of halogens is 3. The average molecular weight is 546 g/mol. The lowest BCUT2D eigenvalue weighted by molar-refractivity contribution is 0.514. The van der Waals surface area contributed by atoms with Gasteiger partial charge >= 0.3 is 0 Å². The van der Waals surface area contributed by atoms with Gasteiger partial charge in [0.1, 0.15) is 11.8 Å². The van der Waals surface area contributed by atoms with E-state index in [0.717, 1.165) is 11.3 Å². The monoisotopic (exact) mass is 545 g/mol. The first-order valence-corrected chi connectivity index (χ1v) is 12.6. The lowest BCUT2D eigenvalue weighted by atomic mass is 10.0. The van der Waals surface area contributed by atoms with Crippen LogP contribution >= 0.6 is 23.2 Å². The summed E-state index contributed by atoms with van der Waals surface area (Å²) in [6, 6.07) is 20.0. The van der Waals surface area contributed by atoms with Gasteiger partial charge in [0.05, 0.1) is 44.7 Å². The highest BCUT2D eigenvalue weighted by Crippen LogP contribution is 2.37. The molecule has 0 unspecified atom stereocenters. The van der Waals surface area contributed by atoms with Gasteiger partial charge in [0.2, 0.25) is 0 Å². The molecule has 5 aromatic rings. The van der Waals surface area contributed by atoms with Gasteiger partial charge in [-0.3, -0.25) is 4.98 Å². The molecule has 0 saturated heterocycles. The van der Waals surface area contributed by atoms with Crippen LogP contribution in [0.3, 0.4) is 0 Å². The van der Waals surface area contributed by atoms with E-state index < -0.39 is 5.82 Å². The van der Waals surface area contributed by atoms with Crippen LogP contribution in [-0.2, 0) is 0 Å². The minimum absolute atomic E-state index is 0.0348. The van der Waals surface area contributed by atoms with Gasteiger partial charge in [0.15, 0.2) is 5.82 Å². The summed E-state index contributed by atoms with van der Waals surface area (Å²) in [6.45, 7) is 4.06. The van der Waals surface area contributed by atoms with E-state index in [4.69, 9.17) is 23.2 Å². The van der Waals surface area contributed by atoms with E-state index in [9.17, 15) is 9.65 Å². The molecule has 1 atom stereocenters. The summed E-state index contributed by atoms with van der Waals surface area (Å²) < 4.78 is 16.5. The Morgan fingerprint density at radius 3 is 2.53 bits per heavy atom. The number of fused-ring (bicyclic) bond motifs is 1. The van der Waals surface area contributed by atoms with Gasteiger partial charge < -0.3 is 10.6 Å². The van der Waals surface area contributed by atoms with Crippen molar-refractivity contribution in [2.75, 3.05) is 10.6 Å². The molecule has 7 nitrogen and oxygen atoms in total. The Morgan fingerprint density at radius 2 is 1.82 bits per heavy atom. The van der Waals surface area contributed by atoms with Crippen LogP contribution in [-0.4, -0.2) is 20.0 Å². The molecule has 38 heavy (non-hydrogen) atoms. The summed E-state index contributed by atoms with van der Waals surface area (Å²) in [5.41, 5.74) is 3.54. The summed E-state index contributed by atoms with van der Waals surface area (Å²) in [5.74, 6) is -0.624. The van der Waals surface area contributed by atoms with Gasteiger partial charge in [-0.25, -0.2) is 9.07 Å². The molecule has 0 aliphatic rings. The lowest BCUT2D eigenvalue weighted by Crippen LogP contribution is -2.13. The average Bonchev–Trinajstić information content (AvgIpc) is 3.41. The number of benzene rings is 3. The molecule has 3 aromatic carbocycles. The van der Waals surface area contributed by atoms with E-state index in [-0.39, 0.29) is 28.4 Å². The third-order valence-corrected chi connectivity index (χ3v) is 6.63. The van der Waals surface area contributed by atoms with Crippen molar-refractivity contribution >= 4 is 51.2 Å². The fourth-order valence-corrected chi connectivity index (χ4v) is 4.56. The Hall–Kier alpha value is -4.19. The molecule has 2 aromatic heterocycles. The summed E-state index contributed by atoms with van der Waals surface area (Å²) in [7, 11) is 0. The number of anilines is 3. The smallest absolute Gasteiger partial charge is 0.165 e. The maximum absolute atomic E-state index is 14.7. The summed E-state index contributed by atoms with van der Waals surface area (Å²) in [4.78, 5) is 4.39. The zero-order chi connectivity index (χ0) is 26.8. The summed E-state index contributed by atoms with van der Waals surface area (Å²) >= 11 is 12.7. The summed E-state index contributed by atoms with van der Waals surface area (Å²) in [6.07, 6.45) is 3.31. The Labute approximate surface area is 228 Å². The number of hydrogen-bond acceptors (Lipinski definition) is 6. The zero-order valence-corrected chi connectivity index (χ0v) is 22.0. The number of nitrogens with zero attached hydrogens (tertiary/aromatic N) is 5. The van der Waals surface area contributed by atoms with E-state index in [1.165, 1.54) is 12.3 Å². The fraction of sp³-hybridized carbons (Fsp3) is 0.143. The van der Waals surface area contributed by atoms with Crippen LogP contribution in [0.1, 0.15) is 42.8 Å². The molecule has 190 valence electrons. The third-order valence-electron chi connectivity index (χ3n) is 6.05. The first-order chi connectivity index (χ1) is 18.4. The standard InChI is InChI=1S/C28H22Cl2FN7/c1-16(2)38-15-24(36-37-38)27(17-7-4-3-5-8-17)34-19-11-20-26(35-23-10-6-9-21(29)25(23)31)18(13-32)14-33-28(20)22(30)12-19/h3-12,14-16,27,34H,1-2H3,(H,33,35)/t27-/m0/s1. The van der Waals surface area contributed by atoms with Crippen LogP contribution in [0.25, 0.3) is 10.9 Å². The van der Waals surface area contributed by atoms with Crippen molar-refractivity contribution in [1.82, 2.24) is 20.0 Å². The Bertz CT molecular complexity index is 1660. The van der Waals surface area contributed by atoms with E-state index in [1.807, 2.05) is 56.4 Å². The third kappa shape index (κ3) is 4.99. The van der Waals surface area contributed by atoms with E-state index in [2.05, 4.69) is 32.0 Å². The Kier molecular flexibility index (Phi) is 7.14. The van der Waals surface area contributed by atoms with Crippen molar-refractivity contribution < 1.29 is 4.39 Å². The number of nitrogens with one attached hydrogen (secondary N) is 2. The van der Waals surface area contributed by atoms with Gasteiger partial charge in [0, 0.05) is 23.3 Å². The highest BCUT2D eigenvalue weighted by molar-refractivity contribution is 6.36. The Morgan fingerprint density at radius 1 is 1.03 bits per heavy atom. The predicted molar refractivity (Wildman–Crippen MR) is 148 cm³/mol. The molecule has 2 heterocycles. The Balaban J connectivity index is 1.62. The van der Waals surface area contributed by atoms with Gasteiger partial charge in [-0.2, -0.15) is 5.26 Å². The maximum atomic E-state index is 14.7. The van der Waals surface area contributed by atoms with E-state index in [1.54, 1.807) is 22.9 Å². The van der Waals surface area contributed by atoms with Crippen LogP contribution in [0.4, 0.5) is 21.5 Å². The van der Waals surface area contributed by atoms with E-state index in [0.29, 0.717) is 27.3 Å². The van der Waals surface area contributed by atoms with Gasteiger partial charge in [-0.05, 0) is 43.7 Å². The minimum atomic E-state index is -0.624. The fourth-order valence-electron chi connectivity index (χ4n) is 4.11. The van der Waals surface area contributed by atoms with Crippen LogP contribution in [0.2, 0.25) is 10.0 Å². The SMILES string of the molecule is CC(C)n1cc([C@@H](Nc2cc(Cl)c3ncc(C#N)c(Nc4cccc(Cl)c4F)c3c2)c2ccccc2)nn1. The molecular weight excluding hydrogens is 524 g/mol. The van der Waals surface area contributed by atoms with Crippen molar-refractivity contribution in [3.63, 3.8) is 0 Å². The molecule has 0 saturated carbocycles. The quantitative estimate of drug-likeness (QED) is 0.218. The van der Waals surface area contributed by atoms with Gasteiger partial charge in [-0.15, -0.1) is 5.10 Å². The van der Waals surface area contributed by atoms with Crippen LogP contribution in [0.5, 0.6) is 0 Å². The number of pyridine rings is 1. The van der Waals surface area contributed by atoms with Crippen LogP contribution in [0, 0.1) is 17.1 Å². The highest BCUT2D eigenvalue weighted by Gasteiger charge is 2.21. The molecule has 0 amide bonds. The maximum Gasteiger partial charge on any atom is 0.165 e. The molecule has 0 bridgehead atoms. The number of hydrogen-bond donors (Lipinski definition) is 2. The molecular formula is C28H22Cl2FN7. The molecule has 5 rings (SSSR count). The molecule has 10 heteroatoms. The number of rotatable bonds is 7. The van der Waals surface area contributed by atoms with Gasteiger partial charge in [0.25, 0.3) is 0 Å². The second-order valence-corrected chi connectivity index (χ2v) is 9.76. The first-order valence-electron chi connectivity index (χ1n) is 11.8. The zero-order valence-electron chi connectivity index (χ0n) is 20.5. The topological polar surface area (TPSA) is 91.5 Å². The first kappa shape index (κ1) is 25.5. The largest absolute Gasteiger partial charge is 0.373 e. The second kappa shape index (κ2) is 10.7. The normalized spacial score (nSPS) is 11.9. The summed E-state index contributed by atoms with van der Waals surface area (Å²) in [5, 5.41) is 25.9.